The van der Waals surface area contributed by atoms with Crippen molar-refractivity contribution in [3.05, 3.63) is 64.6 Å². The number of aromatic nitrogens is 2. The molecular formula is C21H28N2OSSi. The highest BCUT2D eigenvalue weighted by Crippen LogP contribution is 2.39. The molecule has 26 heavy (non-hydrogen) atoms. The lowest BCUT2D eigenvalue weighted by atomic mass is 10.0. The molecule has 0 fully saturated rings. The van der Waals surface area contributed by atoms with E-state index in [0.29, 0.717) is 0 Å². The third kappa shape index (κ3) is 3.70. The predicted octanol–water partition coefficient (Wildman–Crippen LogP) is 6.26. The first-order valence-corrected chi connectivity index (χ1v) is 12.8. The summed E-state index contributed by atoms with van der Waals surface area (Å²) in [4.78, 5) is 5.87. The van der Waals surface area contributed by atoms with Crippen molar-refractivity contribution in [3.8, 4) is 11.4 Å². The van der Waals surface area contributed by atoms with Gasteiger partial charge in [-0.2, -0.15) is 0 Å². The second-order valence-electron chi connectivity index (χ2n) is 6.71. The number of benzene rings is 1. The molecule has 1 atom stereocenters. The van der Waals surface area contributed by atoms with Crippen molar-refractivity contribution in [2.45, 2.75) is 45.0 Å². The topological polar surface area (TPSA) is 27.1 Å². The van der Waals surface area contributed by atoms with Crippen LogP contribution >= 0.6 is 11.3 Å². The molecule has 0 saturated heterocycles. The van der Waals surface area contributed by atoms with Crippen molar-refractivity contribution in [1.29, 1.82) is 0 Å². The summed E-state index contributed by atoms with van der Waals surface area (Å²) >= 11 is 1.78. The van der Waals surface area contributed by atoms with Gasteiger partial charge < -0.3 is 8.99 Å². The quantitative estimate of drug-likeness (QED) is 0.429. The Morgan fingerprint density at radius 1 is 1.08 bits per heavy atom. The first-order valence-electron chi connectivity index (χ1n) is 9.42. The summed E-state index contributed by atoms with van der Waals surface area (Å²) in [6, 6.07) is 16.3. The summed E-state index contributed by atoms with van der Waals surface area (Å²) in [5.41, 5.74) is 2.38. The number of thiophene rings is 1. The molecule has 3 rings (SSSR count). The van der Waals surface area contributed by atoms with E-state index in [0.717, 1.165) is 29.5 Å². The molecule has 3 aromatic rings. The first kappa shape index (κ1) is 19.1. The SMILES string of the molecule is CC[Si](CC)(CC)OC(c1cccs1)c1ccccc1-c1nccn1C. The van der Waals surface area contributed by atoms with Crippen molar-refractivity contribution < 1.29 is 4.43 Å². The van der Waals surface area contributed by atoms with E-state index >= 15 is 0 Å². The molecule has 0 saturated carbocycles. The maximum absolute atomic E-state index is 7.01. The van der Waals surface area contributed by atoms with Gasteiger partial charge in [0.05, 0.1) is 0 Å². The summed E-state index contributed by atoms with van der Waals surface area (Å²) < 4.78 is 9.08. The lowest BCUT2D eigenvalue weighted by Crippen LogP contribution is -2.37. The molecule has 0 N–H and O–H groups in total. The summed E-state index contributed by atoms with van der Waals surface area (Å²) in [7, 11) is 0.284. The number of nitrogens with zero attached hydrogens (tertiary/aromatic N) is 2. The molecule has 1 aromatic carbocycles. The van der Waals surface area contributed by atoms with E-state index in [1.807, 2.05) is 19.4 Å². The zero-order chi connectivity index (χ0) is 18.6. The monoisotopic (exact) mass is 384 g/mol. The molecule has 2 aromatic heterocycles. The molecule has 0 aliphatic carbocycles. The zero-order valence-corrected chi connectivity index (χ0v) is 17.9. The van der Waals surface area contributed by atoms with Crippen LogP contribution in [-0.4, -0.2) is 17.9 Å². The van der Waals surface area contributed by atoms with Crippen molar-refractivity contribution >= 4 is 19.7 Å². The van der Waals surface area contributed by atoms with Crippen LogP contribution in [0.3, 0.4) is 0 Å². The van der Waals surface area contributed by atoms with Crippen LogP contribution in [0.5, 0.6) is 0 Å². The predicted molar refractivity (Wildman–Crippen MR) is 113 cm³/mol. The number of aryl methyl sites for hydroxylation is 1. The van der Waals surface area contributed by atoms with Gasteiger partial charge in [-0.3, -0.25) is 0 Å². The van der Waals surface area contributed by atoms with E-state index in [1.54, 1.807) is 11.3 Å². The van der Waals surface area contributed by atoms with Crippen LogP contribution in [0, 0.1) is 0 Å². The minimum absolute atomic E-state index is 0.0191. The van der Waals surface area contributed by atoms with Crippen LogP contribution in [0.1, 0.15) is 37.3 Å². The summed E-state index contributed by atoms with van der Waals surface area (Å²) in [6.45, 7) is 6.86. The lowest BCUT2D eigenvalue weighted by Gasteiger charge is -2.34. The van der Waals surface area contributed by atoms with Gasteiger partial charge >= 0.3 is 0 Å². The van der Waals surface area contributed by atoms with Crippen LogP contribution in [0.4, 0.5) is 0 Å². The number of imidazole rings is 1. The zero-order valence-electron chi connectivity index (χ0n) is 16.1. The van der Waals surface area contributed by atoms with Crippen LogP contribution in [-0.2, 0) is 11.5 Å². The molecule has 2 heterocycles. The molecule has 3 nitrogen and oxygen atoms in total. The third-order valence-electron chi connectivity index (χ3n) is 5.41. The fourth-order valence-corrected chi connectivity index (χ4v) is 7.13. The first-order chi connectivity index (χ1) is 12.6. The molecule has 5 heteroatoms. The summed E-state index contributed by atoms with van der Waals surface area (Å²) in [6.07, 6.45) is 3.83. The average molecular weight is 385 g/mol. The second-order valence-corrected chi connectivity index (χ2v) is 12.4. The Bertz CT molecular complexity index is 816. The highest BCUT2D eigenvalue weighted by molar-refractivity contribution is 7.10. The van der Waals surface area contributed by atoms with E-state index in [-0.39, 0.29) is 6.10 Å². The van der Waals surface area contributed by atoms with E-state index < -0.39 is 8.32 Å². The fraction of sp³-hybridized carbons (Fsp3) is 0.381. The highest BCUT2D eigenvalue weighted by Gasteiger charge is 2.34. The Balaban J connectivity index is 2.11. The van der Waals surface area contributed by atoms with Gasteiger partial charge in [-0.25, -0.2) is 4.98 Å². The Morgan fingerprint density at radius 2 is 1.81 bits per heavy atom. The van der Waals surface area contributed by atoms with Crippen molar-refractivity contribution in [1.82, 2.24) is 9.55 Å². The van der Waals surface area contributed by atoms with Crippen LogP contribution in [0.25, 0.3) is 11.4 Å². The van der Waals surface area contributed by atoms with Gasteiger partial charge in [-0.1, -0.05) is 51.1 Å². The van der Waals surface area contributed by atoms with Gasteiger partial charge in [-0.05, 0) is 35.1 Å². The van der Waals surface area contributed by atoms with Crippen molar-refractivity contribution in [3.63, 3.8) is 0 Å². The minimum atomic E-state index is -1.76. The molecule has 0 amide bonds. The Morgan fingerprint density at radius 3 is 2.38 bits per heavy atom. The maximum Gasteiger partial charge on any atom is 0.193 e. The van der Waals surface area contributed by atoms with Gasteiger partial charge in [0.15, 0.2) is 8.32 Å². The largest absolute Gasteiger partial charge is 0.405 e. The maximum atomic E-state index is 7.01. The van der Waals surface area contributed by atoms with E-state index in [2.05, 4.69) is 72.1 Å². The molecule has 0 bridgehead atoms. The van der Waals surface area contributed by atoms with Crippen LogP contribution in [0.15, 0.2) is 54.2 Å². The summed E-state index contributed by atoms with van der Waals surface area (Å²) in [5, 5.41) is 2.14. The normalized spacial score (nSPS) is 13.1. The Hall–Kier alpha value is -1.69. The highest BCUT2D eigenvalue weighted by atomic mass is 32.1. The molecule has 1 unspecified atom stereocenters. The summed E-state index contributed by atoms with van der Waals surface area (Å²) in [5.74, 6) is 0.988. The number of rotatable bonds is 8. The molecule has 0 spiro atoms. The van der Waals surface area contributed by atoms with Gasteiger partial charge in [-0.15, -0.1) is 11.3 Å². The van der Waals surface area contributed by atoms with E-state index in [9.17, 15) is 0 Å². The minimum Gasteiger partial charge on any atom is -0.405 e. The average Bonchev–Trinajstić information content (AvgIpc) is 3.35. The van der Waals surface area contributed by atoms with Crippen LogP contribution in [0.2, 0.25) is 18.1 Å². The van der Waals surface area contributed by atoms with Gasteiger partial charge in [0.25, 0.3) is 0 Å². The second kappa shape index (κ2) is 8.33. The van der Waals surface area contributed by atoms with Crippen molar-refractivity contribution in [2.75, 3.05) is 0 Å². The molecule has 0 aliphatic rings. The lowest BCUT2D eigenvalue weighted by molar-refractivity contribution is 0.234. The third-order valence-corrected chi connectivity index (χ3v) is 10.9. The standard InChI is InChI=1S/C21H28N2OSSi/c1-5-26(6-2,7-3)24-20(19-13-10-16-25-19)17-11-8-9-12-18(17)21-22-14-15-23(21)4/h8-16,20H,5-7H2,1-4H3. The number of hydrogen-bond donors (Lipinski definition) is 0. The fourth-order valence-electron chi connectivity index (χ4n) is 3.52. The van der Waals surface area contributed by atoms with Gasteiger partial charge in [0.2, 0.25) is 0 Å². The van der Waals surface area contributed by atoms with Gasteiger partial charge in [0, 0.05) is 29.9 Å². The Labute approximate surface area is 161 Å². The van der Waals surface area contributed by atoms with Crippen molar-refractivity contribution in [2.24, 2.45) is 7.05 Å². The Kier molecular flexibility index (Phi) is 6.11. The molecular weight excluding hydrogens is 356 g/mol. The van der Waals surface area contributed by atoms with E-state index in [4.69, 9.17) is 4.43 Å². The number of hydrogen-bond acceptors (Lipinski definition) is 3. The van der Waals surface area contributed by atoms with Gasteiger partial charge in [0.1, 0.15) is 11.9 Å². The molecule has 0 radical (unpaired) electrons. The smallest absolute Gasteiger partial charge is 0.193 e. The molecule has 0 aliphatic heterocycles. The van der Waals surface area contributed by atoms with Crippen LogP contribution < -0.4 is 0 Å². The van der Waals surface area contributed by atoms with E-state index in [1.165, 1.54) is 10.4 Å². The molecule has 138 valence electrons.